The van der Waals surface area contributed by atoms with E-state index in [4.69, 9.17) is 5.73 Å². The molecule has 0 aliphatic carbocycles. The van der Waals surface area contributed by atoms with Gasteiger partial charge in [0, 0.05) is 6.20 Å². The average Bonchev–Trinajstić information content (AvgIpc) is 2.42. The lowest BCUT2D eigenvalue weighted by atomic mass is 10.1. The van der Waals surface area contributed by atoms with Crippen LogP contribution in [-0.2, 0) is 4.74 Å². The van der Waals surface area contributed by atoms with Gasteiger partial charge in [0.1, 0.15) is 0 Å². The highest BCUT2D eigenvalue weighted by atomic mass is 16.5. The molecule has 2 aromatic rings. The first-order valence-electron chi connectivity index (χ1n) is 5.78. The number of nitrogen functional groups attached to an aromatic ring is 1. The summed E-state index contributed by atoms with van der Waals surface area (Å²) in [6.07, 6.45) is 1.72. The van der Waals surface area contributed by atoms with E-state index >= 15 is 0 Å². The van der Waals surface area contributed by atoms with Crippen LogP contribution in [0, 0.1) is 6.92 Å². The number of nitrogens with zero attached hydrogens (tertiary/aromatic N) is 1. The van der Waals surface area contributed by atoms with Crippen LogP contribution in [0.15, 0.2) is 36.5 Å². The van der Waals surface area contributed by atoms with Crippen molar-refractivity contribution in [3.05, 3.63) is 47.8 Å². The molecule has 5 heteroatoms. The molecular formula is C14H15N3O2. The minimum atomic E-state index is -0.397. The Morgan fingerprint density at radius 1 is 1.32 bits per heavy atom. The van der Waals surface area contributed by atoms with Gasteiger partial charge in [0.25, 0.3) is 0 Å². The second-order valence-electron chi connectivity index (χ2n) is 4.05. The molecule has 0 saturated heterocycles. The quantitative estimate of drug-likeness (QED) is 0.652. The molecule has 5 nitrogen and oxygen atoms in total. The van der Waals surface area contributed by atoms with Crippen LogP contribution >= 0.6 is 0 Å². The molecule has 1 aromatic heterocycles. The van der Waals surface area contributed by atoms with E-state index in [1.165, 1.54) is 7.11 Å². The lowest BCUT2D eigenvalue weighted by Crippen LogP contribution is -2.04. The summed E-state index contributed by atoms with van der Waals surface area (Å²) < 4.78 is 4.69. The van der Waals surface area contributed by atoms with Gasteiger partial charge in [0.2, 0.25) is 0 Å². The summed E-state index contributed by atoms with van der Waals surface area (Å²) in [5, 5.41) is 3.16. The molecule has 0 amide bonds. The second-order valence-corrected chi connectivity index (χ2v) is 4.05. The average molecular weight is 257 g/mol. The Labute approximate surface area is 111 Å². The zero-order valence-electron chi connectivity index (χ0n) is 10.8. The number of carbonyl (C=O) groups excluding carboxylic acids is 1. The molecule has 19 heavy (non-hydrogen) atoms. The molecule has 0 unspecified atom stereocenters. The molecule has 0 atom stereocenters. The standard InChI is InChI=1S/C14H15N3O2/c1-9-12(4-3-7-16-9)17-13-8-10(14(18)19-2)5-6-11(13)15/h3-8,17H,15H2,1-2H3. The molecule has 0 aliphatic rings. The first-order chi connectivity index (χ1) is 9.11. The minimum Gasteiger partial charge on any atom is -0.465 e. The molecular weight excluding hydrogens is 242 g/mol. The number of ether oxygens (including phenoxy) is 1. The summed E-state index contributed by atoms with van der Waals surface area (Å²) in [7, 11) is 1.34. The summed E-state index contributed by atoms with van der Waals surface area (Å²) in [5.74, 6) is -0.397. The first kappa shape index (κ1) is 12.9. The lowest BCUT2D eigenvalue weighted by molar-refractivity contribution is 0.0601. The number of pyridine rings is 1. The Balaban J connectivity index is 2.34. The predicted molar refractivity (Wildman–Crippen MR) is 74.5 cm³/mol. The van der Waals surface area contributed by atoms with Gasteiger partial charge in [-0.25, -0.2) is 4.79 Å². The summed E-state index contributed by atoms with van der Waals surface area (Å²) in [6, 6.07) is 8.68. The third-order valence-corrected chi connectivity index (χ3v) is 2.75. The summed E-state index contributed by atoms with van der Waals surface area (Å²) in [6.45, 7) is 1.89. The Kier molecular flexibility index (Phi) is 3.66. The Hall–Kier alpha value is -2.56. The van der Waals surface area contributed by atoms with E-state index < -0.39 is 5.97 Å². The van der Waals surface area contributed by atoms with Crippen LogP contribution in [0.3, 0.4) is 0 Å². The number of benzene rings is 1. The number of anilines is 3. The van der Waals surface area contributed by atoms with E-state index in [1.54, 1.807) is 24.4 Å². The van der Waals surface area contributed by atoms with Crippen molar-refractivity contribution in [2.75, 3.05) is 18.2 Å². The van der Waals surface area contributed by atoms with Crippen LogP contribution in [0.4, 0.5) is 17.1 Å². The highest BCUT2D eigenvalue weighted by molar-refractivity contribution is 5.92. The molecule has 0 spiro atoms. The number of hydrogen-bond donors (Lipinski definition) is 2. The molecule has 3 N–H and O–H groups in total. The highest BCUT2D eigenvalue weighted by Gasteiger charge is 2.09. The first-order valence-corrected chi connectivity index (χ1v) is 5.78. The van der Waals surface area contributed by atoms with Gasteiger partial charge in [-0.3, -0.25) is 4.98 Å². The van der Waals surface area contributed by atoms with Crippen LogP contribution < -0.4 is 11.1 Å². The number of rotatable bonds is 3. The number of carbonyl (C=O) groups is 1. The smallest absolute Gasteiger partial charge is 0.337 e. The van der Waals surface area contributed by atoms with E-state index in [2.05, 4.69) is 15.0 Å². The number of esters is 1. The van der Waals surface area contributed by atoms with Gasteiger partial charge in [-0.05, 0) is 37.3 Å². The van der Waals surface area contributed by atoms with E-state index in [-0.39, 0.29) is 0 Å². The second kappa shape index (κ2) is 5.39. The van der Waals surface area contributed by atoms with Gasteiger partial charge in [0.15, 0.2) is 0 Å². The van der Waals surface area contributed by atoms with Crippen molar-refractivity contribution in [3.63, 3.8) is 0 Å². The van der Waals surface area contributed by atoms with Crippen LogP contribution in [0.1, 0.15) is 16.1 Å². The van der Waals surface area contributed by atoms with E-state index in [0.717, 1.165) is 11.4 Å². The van der Waals surface area contributed by atoms with Crippen molar-refractivity contribution in [2.45, 2.75) is 6.92 Å². The SMILES string of the molecule is COC(=O)c1ccc(N)c(Nc2cccnc2C)c1. The zero-order chi connectivity index (χ0) is 13.8. The molecule has 1 heterocycles. The fourth-order valence-corrected chi connectivity index (χ4v) is 1.67. The van der Waals surface area contributed by atoms with Crippen LogP contribution in [0.5, 0.6) is 0 Å². The molecule has 0 fully saturated rings. The molecule has 2 rings (SSSR count). The van der Waals surface area contributed by atoms with E-state index in [9.17, 15) is 4.79 Å². The van der Waals surface area contributed by atoms with Gasteiger partial charge in [-0.1, -0.05) is 0 Å². The normalized spacial score (nSPS) is 10.0. The molecule has 0 saturated carbocycles. The maximum Gasteiger partial charge on any atom is 0.337 e. The fourth-order valence-electron chi connectivity index (χ4n) is 1.67. The number of methoxy groups -OCH3 is 1. The Morgan fingerprint density at radius 3 is 2.79 bits per heavy atom. The van der Waals surface area contributed by atoms with Gasteiger partial charge >= 0.3 is 5.97 Å². The zero-order valence-corrected chi connectivity index (χ0v) is 10.8. The highest BCUT2D eigenvalue weighted by Crippen LogP contribution is 2.25. The Morgan fingerprint density at radius 2 is 2.11 bits per heavy atom. The van der Waals surface area contributed by atoms with Gasteiger partial charge < -0.3 is 15.8 Å². The van der Waals surface area contributed by atoms with E-state index in [0.29, 0.717) is 16.9 Å². The predicted octanol–water partition coefficient (Wildman–Crippen LogP) is 2.50. The molecule has 0 aliphatic heterocycles. The molecule has 1 aromatic carbocycles. The van der Waals surface area contributed by atoms with Crippen molar-refractivity contribution in [1.29, 1.82) is 0 Å². The van der Waals surface area contributed by atoms with Gasteiger partial charge in [-0.15, -0.1) is 0 Å². The number of aromatic nitrogens is 1. The van der Waals surface area contributed by atoms with Crippen molar-refractivity contribution in [1.82, 2.24) is 4.98 Å². The third kappa shape index (κ3) is 2.82. The summed E-state index contributed by atoms with van der Waals surface area (Å²) in [4.78, 5) is 15.7. The van der Waals surface area contributed by atoms with Gasteiger partial charge in [0.05, 0.1) is 35.4 Å². The summed E-state index contributed by atoms with van der Waals surface area (Å²) >= 11 is 0. The summed E-state index contributed by atoms with van der Waals surface area (Å²) in [5.41, 5.74) is 9.24. The molecule has 0 radical (unpaired) electrons. The van der Waals surface area contributed by atoms with Crippen LogP contribution in [0.2, 0.25) is 0 Å². The number of aryl methyl sites for hydroxylation is 1. The minimum absolute atomic E-state index is 0.397. The maximum absolute atomic E-state index is 11.5. The Bertz CT molecular complexity index is 611. The number of nitrogens with two attached hydrogens (primary N) is 1. The van der Waals surface area contributed by atoms with Crippen molar-refractivity contribution >= 4 is 23.0 Å². The van der Waals surface area contributed by atoms with Gasteiger partial charge in [-0.2, -0.15) is 0 Å². The van der Waals surface area contributed by atoms with E-state index in [1.807, 2.05) is 19.1 Å². The monoisotopic (exact) mass is 257 g/mol. The topological polar surface area (TPSA) is 77.2 Å². The van der Waals surface area contributed by atoms with Crippen molar-refractivity contribution in [3.8, 4) is 0 Å². The number of nitrogens with one attached hydrogen (secondary N) is 1. The lowest BCUT2D eigenvalue weighted by Gasteiger charge is -2.12. The number of hydrogen-bond acceptors (Lipinski definition) is 5. The van der Waals surface area contributed by atoms with Crippen LogP contribution in [0.25, 0.3) is 0 Å². The largest absolute Gasteiger partial charge is 0.465 e. The van der Waals surface area contributed by atoms with Crippen molar-refractivity contribution < 1.29 is 9.53 Å². The molecule has 98 valence electrons. The van der Waals surface area contributed by atoms with Crippen molar-refractivity contribution in [2.24, 2.45) is 0 Å². The molecule has 0 bridgehead atoms. The van der Waals surface area contributed by atoms with Crippen LogP contribution in [-0.4, -0.2) is 18.1 Å². The fraction of sp³-hybridized carbons (Fsp3) is 0.143. The maximum atomic E-state index is 11.5. The third-order valence-electron chi connectivity index (χ3n) is 2.75.